The van der Waals surface area contributed by atoms with Crippen molar-refractivity contribution in [3.8, 4) is 0 Å². The Morgan fingerprint density at radius 2 is 1.00 bits per heavy atom. The largest absolute Gasteiger partial charge is 1.00 e. The Morgan fingerprint density at radius 3 is 1.00 bits per heavy atom. The monoisotopic (exact) mass is 230 g/mol. The molecule has 0 aromatic rings. The van der Waals surface area contributed by atoms with Gasteiger partial charge in [0.05, 0.1) is 0 Å². The Balaban J connectivity index is -0.0000000800. The van der Waals surface area contributed by atoms with Crippen molar-refractivity contribution >= 4 is 9.05 Å². The van der Waals surface area contributed by atoms with E-state index >= 15 is 0 Å². The molecule has 0 saturated carbocycles. The van der Waals surface area contributed by atoms with Crippen LogP contribution in [-0.2, 0) is 0 Å². The summed E-state index contributed by atoms with van der Waals surface area (Å²) in [4.78, 5) is 29.3. The van der Waals surface area contributed by atoms with Gasteiger partial charge in [0.2, 0.25) is 0 Å². The standard InChI is InChI=1S/Cs.H4O4Si.H/c;1-5(2,3)4;/h;1-4H;/q+1;;-1. The normalized spacial score (nSPS) is 10.0. The third-order valence-electron chi connectivity index (χ3n) is 0. The minimum Gasteiger partial charge on any atom is -1.00 e. The molecule has 0 rings (SSSR count). The van der Waals surface area contributed by atoms with E-state index in [9.17, 15) is 0 Å². The van der Waals surface area contributed by atoms with Crippen molar-refractivity contribution in [2.75, 3.05) is 0 Å². The molecule has 0 aliphatic rings. The first-order valence-electron chi connectivity index (χ1n) is 0.894. The van der Waals surface area contributed by atoms with Crippen molar-refractivity contribution in [3.05, 3.63) is 0 Å². The molecular weight excluding hydrogens is 225 g/mol. The van der Waals surface area contributed by atoms with E-state index in [1.165, 1.54) is 0 Å². The fourth-order valence-corrected chi connectivity index (χ4v) is 0. The fraction of sp³-hybridized carbons (Fsp3) is 0. The predicted molar refractivity (Wildman–Crippen MR) is 15.7 cm³/mol. The van der Waals surface area contributed by atoms with E-state index in [1.807, 2.05) is 0 Å². The number of hydrogen-bond acceptors (Lipinski definition) is 4. The van der Waals surface area contributed by atoms with Crippen LogP contribution in [0.4, 0.5) is 0 Å². The van der Waals surface area contributed by atoms with Crippen LogP contribution in [0.3, 0.4) is 0 Å². The van der Waals surface area contributed by atoms with Crippen molar-refractivity contribution in [1.29, 1.82) is 0 Å². The van der Waals surface area contributed by atoms with Gasteiger partial charge in [-0.25, -0.2) is 0 Å². The van der Waals surface area contributed by atoms with Gasteiger partial charge < -0.3 is 20.6 Å². The molecule has 0 atom stereocenters. The second kappa shape index (κ2) is 4.03. The maximum Gasteiger partial charge on any atom is 1.00 e. The maximum absolute atomic E-state index is 7.33. The van der Waals surface area contributed by atoms with Crippen LogP contribution in [0, 0.1) is 0 Å². The zero-order valence-corrected chi connectivity index (χ0v) is 10.6. The molecule has 0 aromatic carbocycles. The Morgan fingerprint density at radius 1 is 1.00 bits per heavy atom. The van der Waals surface area contributed by atoms with Crippen LogP contribution < -0.4 is 68.9 Å². The van der Waals surface area contributed by atoms with E-state index in [0.717, 1.165) is 0 Å². The molecule has 4 N–H and O–H groups in total. The van der Waals surface area contributed by atoms with Crippen LogP contribution in [0.5, 0.6) is 0 Å². The average molecular weight is 230 g/mol. The van der Waals surface area contributed by atoms with E-state index in [1.54, 1.807) is 0 Å². The molecule has 0 saturated heterocycles. The van der Waals surface area contributed by atoms with Gasteiger partial charge >= 0.3 is 77.9 Å². The second-order valence-corrected chi connectivity index (χ2v) is 1.80. The first kappa shape index (κ1) is 11.0. The van der Waals surface area contributed by atoms with Gasteiger partial charge in [-0.3, -0.25) is 0 Å². The molecule has 0 aliphatic heterocycles. The van der Waals surface area contributed by atoms with Gasteiger partial charge in [0.25, 0.3) is 0 Å². The molecule has 0 radical (unpaired) electrons. The van der Waals surface area contributed by atoms with E-state index in [4.69, 9.17) is 19.2 Å². The molecule has 0 aromatic heterocycles. The zero-order valence-electron chi connectivity index (χ0n) is 4.29. The minimum atomic E-state index is -4.61. The summed E-state index contributed by atoms with van der Waals surface area (Å²) in [5.41, 5.74) is 0. The van der Waals surface area contributed by atoms with Crippen LogP contribution in [0.2, 0.25) is 0 Å². The van der Waals surface area contributed by atoms with Gasteiger partial charge in [0.1, 0.15) is 0 Å². The molecule has 34 valence electrons. The molecule has 6 heavy (non-hydrogen) atoms. The van der Waals surface area contributed by atoms with Gasteiger partial charge in [0, 0.05) is 0 Å². The summed E-state index contributed by atoms with van der Waals surface area (Å²) in [7, 11) is -4.61. The smallest absolute Gasteiger partial charge is 1.00 e. The summed E-state index contributed by atoms with van der Waals surface area (Å²) in [6, 6.07) is 0. The summed E-state index contributed by atoms with van der Waals surface area (Å²) in [6.07, 6.45) is 0. The van der Waals surface area contributed by atoms with Crippen molar-refractivity contribution in [1.82, 2.24) is 0 Å². The van der Waals surface area contributed by atoms with E-state index in [0.29, 0.717) is 0 Å². The molecule has 4 nitrogen and oxygen atoms in total. The van der Waals surface area contributed by atoms with Gasteiger partial charge in [0.15, 0.2) is 0 Å². The predicted octanol–water partition coefficient (Wildman–Crippen LogP) is -5.49. The second-order valence-electron chi connectivity index (χ2n) is 0.600. The Labute approximate surface area is 96.2 Å². The molecule has 0 amide bonds. The Kier molecular flexibility index (Phi) is 7.38. The van der Waals surface area contributed by atoms with Crippen LogP contribution in [0.15, 0.2) is 0 Å². The van der Waals surface area contributed by atoms with Gasteiger partial charge in [-0.1, -0.05) is 0 Å². The van der Waals surface area contributed by atoms with Gasteiger partial charge in [-0.2, -0.15) is 0 Å². The third kappa shape index (κ3) is 35.9. The molecule has 0 bridgehead atoms. The molecule has 0 spiro atoms. The maximum atomic E-state index is 7.33. The SMILES string of the molecule is O[Si](O)(O)O.[Cs+].[H-]. The van der Waals surface area contributed by atoms with Crippen LogP contribution >= 0.6 is 0 Å². The third-order valence-corrected chi connectivity index (χ3v) is 0. The van der Waals surface area contributed by atoms with E-state index in [2.05, 4.69) is 0 Å². The first-order chi connectivity index (χ1) is 2.00. The molecule has 6 heteroatoms. The average Bonchev–Trinajstić information content (AvgIpc) is 0.722. The zero-order chi connectivity index (χ0) is 4.50. The minimum absolute atomic E-state index is 0. The summed E-state index contributed by atoms with van der Waals surface area (Å²) >= 11 is 0. The van der Waals surface area contributed by atoms with E-state index in [-0.39, 0.29) is 70.3 Å². The van der Waals surface area contributed by atoms with Crippen molar-refractivity contribution < 1.29 is 89.5 Å². The molecule has 0 fully saturated rings. The molecule has 0 aliphatic carbocycles. The summed E-state index contributed by atoms with van der Waals surface area (Å²) in [5, 5.41) is 0. The number of rotatable bonds is 0. The van der Waals surface area contributed by atoms with Crippen molar-refractivity contribution in [3.63, 3.8) is 0 Å². The first-order valence-corrected chi connectivity index (χ1v) is 2.68. The van der Waals surface area contributed by atoms with Crippen LogP contribution in [0.25, 0.3) is 0 Å². The van der Waals surface area contributed by atoms with Gasteiger partial charge in [-0.15, -0.1) is 0 Å². The quantitative estimate of drug-likeness (QED) is 0.313. The molecule has 0 unspecified atom stereocenters. The van der Waals surface area contributed by atoms with Crippen molar-refractivity contribution in [2.45, 2.75) is 0 Å². The van der Waals surface area contributed by atoms with Crippen LogP contribution in [0.1, 0.15) is 1.43 Å². The van der Waals surface area contributed by atoms with E-state index < -0.39 is 9.05 Å². The summed E-state index contributed by atoms with van der Waals surface area (Å²) in [6.45, 7) is 0. The van der Waals surface area contributed by atoms with Gasteiger partial charge in [-0.05, 0) is 0 Å². The summed E-state index contributed by atoms with van der Waals surface area (Å²) in [5.74, 6) is 0. The molecule has 0 heterocycles. The Bertz CT molecular complexity index is 27.2. The fourth-order valence-electron chi connectivity index (χ4n) is 0. The Hall–Kier alpha value is 2.11. The molecular formula is H5CsO4Si. The van der Waals surface area contributed by atoms with Crippen molar-refractivity contribution in [2.24, 2.45) is 0 Å². The number of hydrogen-bond donors (Lipinski definition) is 4. The summed E-state index contributed by atoms with van der Waals surface area (Å²) < 4.78 is 0. The topological polar surface area (TPSA) is 80.9 Å². The van der Waals surface area contributed by atoms with Crippen LogP contribution in [-0.4, -0.2) is 28.2 Å².